The van der Waals surface area contributed by atoms with E-state index in [9.17, 15) is 0 Å². The quantitative estimate of drug-likeness (QED) is 0.567. The predicted molar refractivity (Wildman–Crippen MR) is 43.5 cm³/mol. The van der Waals surface area contributed by atoms with Gasteiger partial charge in [-0.3, -0.25) is 0 Å². The average molecular weight is 163 g/mol. The van der Waals surface area contributed by atoms with Crippen molar-refractivity contribution >= 4 is 11.6 Å². The first kappa shape index (κ1) is 8.35. The van der Waals surface area contributed by atoms with Crippen LogP contribution in [-0.4, -0.2) is 18.1 Å². The minimum atomic E-state index is 0.192. The van der Waals surface area contributed by atoms with Crippen LogP contribution in [0.3, 0.4) is 0 Å². The molecule has 0 N–H and O–H groups in total. The number of hydrogen-bond acceptors (Lipinski definition) is 1. The van der Waals surface area contributed by atoms with Gasteiger partial charge in [-0.1, -0.05) is 13.8 Å². The molecular formula is C8H15ClO. The maximum atomic E-state index is 5.99. The van der Waals surface area contributed by atoms with Gasteiger partial charge in [-0.05, 0) is 13.3 Å². The lowest BCUT2D eigenvalue weighted by Gasteiger charge is -2.48. The molecule has 0 heterocycles. The van der Waals surface area contributed by atoms with Crippen LogP contribution >= 0.6 is 11.6 Å². The van der Waals surface area contributed by atoms with E-state index in [-0.39, 0.29) is 5.41 Å². The minimum Gasteiger partial charge on any atom is -0.378 e. The topological polar surface area (TPSA) is 9.23 Å². The van der Waals surface area contributed by atoms with Crippen molar-refractivity contribution in [1.82, 2.24) is 0 Å². The van der Waals surface area contributed by atoms with Crippen molar-refractivity contribution in [3.63, 3.8) is 0 Å². The molecule has 0 aliphatic heterocycles. The van der Waals surface area contributed by atoms with E-state index in [1.807, 2.05) is 6.92 Å². The van der Waals surface area contributed by atoms with Crippen LogP contribution in [0.25, 0.3) is 0 Å². The van der Waals surface area contributed by atoms with Crippen molar-refractivity contribution in [1.29, 1.82) is 0 Å². The van der Waals surface area contributed by atoms with E-state index in [2.05, 4.69) is 13.8 Å². The molecule has 0 bridgehead atoms. The third kappa shape index (κ3) is 1.17. The van der Waals surface area contributed by atoms with Gasteiger partial charge in [0.15, 0.2) is 0 Å². The molecule has 1 aliphatic carbocycles. The molecule has 0 aromatic carbocycles. The van der Waals surface area contributed by atoms with Crippen molar-refractivity contribution in [2.75, 3.05) is 6.61 Å². The molecule has 1 nitrogen and oxygen atoms in total. The molecule has 2 unspecified atom stereocenters. The van der Waals surface area contributed by atoms with E-state index in [1.54, 1.807) is 0 Å². The number of halogens is 1. The second-order valence-corrected chi connectivity index (χ2v) is 4.00. The highest BCUT2D eigenvalue weighted by Crippen LogP contribution is 2.46. The smallest absolute Gasteiger partial charge is 0.0654 e. The highest BCUT2D eigenvalue weighted by atomic mass is 35.5. The Morgan fingerprint density at radius 3 is 2.50 bits per heavy atom. The molecule has 1 rings (SSSR count). The molecule has 60 valence electrons. The van der Waals surface area contributed by atoms with Crippen LogP contribution in [0.4, 0.5) is 0 Å². The van der Waals surface area contributed by atoms with Crippen LogP contribution in [0.5, 0.6) is 0 Å². The lowest BCUT2D eigenvalue weighted by molar-refractivity contribution is -0.0840. The maximum Gasteiger partial charge on any atom is 0.0654 e. The fraction of sp³-hybridized carbons (Fsp3) is 1.00. The van der Waals surface area contributed by atoms with E-state index >= 15 is 0 Å². The molecule has 0 radical (unpaired) electrons. The Kier molecular flexibility index (Phi) is 2.26. The number of rotatable bonds is 2. The van der Waals surface area contributed by atoms with Crippen molar-refractivity contribution in [3.05, 3.63) is 0 Å². The van der Waals surface area contributed by atoms with Gasteiger partial charge in [-0.25, -0.2) is 0 Å². The predicted octanol–water partition coefficient (Wildman–Crippen LogP) is 2.43. The van der Waals surface area contributed by atoms with E-state index < -0.39 is 0 Å². The Labute approximate surface area is 67.7 Å². The molecule has 1 aliphatic rings. The standard InChI is InChI=1S/C8H15ClO/c1-4-10-7-5-6(9)8(7,2)3/h6-7H,4-5H2,1-3H3. The lowest BCUT2D eigenvalue weighted by Crippen LogP contribution is -2.51. The molecule has 1 saturated carbocycles. The summed E-state index contributed by atoms with van der Waals surface area (Å²) in [7, 11) is 0. The summed E-state index contributed by atoms with van der Waals surface area (Å²) < 4.78 is 5.48. The number of hydrogen-bond donors (Lipinski definition) is 0. The first-order valence-electron chi connectivity index (χ1n) is 3.84. The van der Waals surface area contributed by atoms with Gasteiger partial charge in [-0.15, -0.1) is 11.6 Å². The minimum absolute atomic E-state index is 0.192. The molecule has 0 aromatic rings. The van der Waals surface area contributed by atoms with Crippen molar-refractivity contribution in [3.8, 4) is 0 Å². The molecule has 1 fully saturated rings. The number of ether oxygens (including phenoxy) is 1. The van der Waals surface area contributed by atoms with E-state index in [0.29, 0.717) is 11.5 Å². The molecule has 10 heavy (non-hydrogen) atoms. The largest absolute Gasteiger partial charge is 0.378 e. The van der Waals surface area contributed by atoms with Crippen LogP contribution in [0, 0.1) is 5.41 Å². The zero-order chi connectivity index (χ0) is 7.78. The first-order valence-corrected chi connectivity index (χ1v) is 4.28. The number of alkyl halides is 1. The van der Waals surface area contributed by atoms with Gasteiger partial charge in [0, 0.05) is 17.4 Å². The summed E-state index contributed by atoms with van der Waals surface area (Å²) in [5.74, 6) is 0. The summed E-state index contributed by atoms with van der Waals surface area (Å²) in [4.78, 5) is 0. The summed E-state index contributed by atoms with van der Waals surface area (Å²) in [5.41, 5.74) is 0.192. The van der Waals surface area contributed by atoms with Crippen LogP contribution in [0.2, 0.25) is 0 Å². The average Bonchev–Trinajstić information content (AvgIpc) is 1.88. The Morgan fingerprint density at radius 1 is 1.60 bits per heavy atom. The van der Waals surface area contributed by atoms with Gasteiger partial charge in [0.25, 0.3) is 0 Å². The van der Waals surface area contributed by atoms with Crippen LogP contribution < -0.4 is 0 Å². The van der Waals surface area contributed by atoms with E-state index in [1.165, 1.54) is 0 Å². The van der Waals surface area contributed by atoms with Crippen LogP contribution in [0.1, 0.15) is 27.2 Å². The Balaban J connectivity index is 2.39. The summed E-state index contributed by atoms with van der Waals surface area (Å²) in [6.45, 7) is 7.15. The highest BCUT2D eigenvalue weighted by Gasteiger charge is 2.47. The Hall–Kier alpha value is 0.250. The SMILES string of the molecule is CCOC1CC(Cl)C1(C)C. The fourth-order valence-corrected chi connectivity index (χ4v) is 1.62. The monoisotopic (exact) mass is 162 g/mol. The van der Waals surface area contributed by atoms with Gasteiger partial charge in [0.1, 0.15) is 0 Å². The maximum absolute atomic E-state index is 5.99. The zero-order valence-electron chi connectivity index (χ0n) is 6.86. The van der Waals surface area contributed by atoms with Crippen molar-refractivity contribution < 1.29 is 4.74 Å². The van der Waals surface area contributed by atoms with Gasteiger partial charge < -0.3 is 4.74 Å². The summed E-state index contributed by atoms with van der Waals surface area (Å²) in [6.07, 6.45) is 1.41. The normalized spacial score (nSPS) is 37.2. The molecule has 0 spiro atoms. The fourth-order valence-electron chi connectivity index (χ4n) is 1.32. The summed E-state index contributed by atoms with van der Waals surface area (Å²) >= 11 is 5.99. The van der Waals surface area contributed by atoms with Crippen LogP contribution in [-0.2, 0) is 4.74 Å². The Morgan fingerprint density at radius 2 is 2.20 bits per heavy atom. The van der Waals surface area contributed by atoms with Gasteiger partial charge in [-0.2, -0.15) is 0 Å². The van der Waals surface area contributed by atoms with Crippen molar-refractivity contribution in [2.45, 2.75) is 38.7 Å². The lowest BCUT2D eigenvalue weighted by atomic mass is 9.68. The molecule has 0 saturated heterocycles. The zero-order valence-corrected chi connectivity index (χ0v) is 7.61. The third-order valence-corrected chi connectivity index (χ3v) is 3.17. The molecule has 2 atom stereocenters. The van der Waals surface area contributed by atoms with Gasteiger partial charge in [0.05, 0.1) is 6.10 Å². The highest BCUT2D eigenvalue weighted by molar-refractivity contribution is 6.21. The Bertz CT molecular complexity index is 120. The molecular weight excluding hydrogens is 148 g/mol. The van der Waals surface area contributed by atoms with Gasteiger partial charge >= 0.3 is 0 Å². The summed E-state index contributed by atoms with van der Waals surface area (Å²) in [5, 5.41) is 0.309. The van der Waals surface area contributed by atoms with E-state index in [4.69, 9.17) is 16.3 Å². The second kappa shape index (κ2) is 2.71. The first-order chi connectivity index (χ1) is 4.59. The van der Waals surface area contributed by atoms with Crippen LogP contribution in [0.15, 0.2) is 0 Å². The second-order valence-electron chi connectivity index (χ2n) is 3.47. The molecule has 0 amide bonds. The van der Waals surface area contributed by atoms with Gasteiger partial charge in [0.2, 0.25) is 0 Å². The molecule has 0 aromatic heterocycles. The van der Waals surface area contributed by atoms with Crippen molar-refractivity contribution in [2.24, 2.45) is 5.41 Å². The third-order valence-electron chi connectivity index (χ3n) is 2.43. The molecule has 2 heteroatoms. The van der Waals surface area contributed by atoms with E-state index in [0.717, 1.165) is 13.0 Å². The summed E-state index contributed by atoms with van der Waals surface area (Å²) in [6, 6.07) is 0.